The lowest BCUT2D eigenvalue weighted by Crippen LogP contribution is -2.55. The van der Waals surface area contributed by atoms with E-state index in [0.717, 1.165) is 18.9 Å². The summed E-state index contributed by atoms with van der Waals surface area (Å²) >= 11 is 0. The average molecular weight is 344 g/mol. The van der Waals surface area contributed by atoms with Crippen LogP contribution < -0.4 is 10.5 Å². The Balaban J connectivity index is 2.26. The maximum atomic E-state index is 12.3. The first kappa shape index (κ1) is 17.5. The number of carboxylic acid groups (broad SMARTS) is 1. The van der Waals surface area contributed by atoms with Crippen LogP contribution in [0.2, 0.25) is 0 Å². The summed E-state index contributed by atoms with van der Waals surface area (Å²) in [5.41, 5.74) is -0.913. The van der Waals surface area contributed by atoms with Gasteiger partial charge in [-0.05, 0) is 26.7 Å². The van der Waals surface area contributed by atoms with Crippen LogP contribution in [0.5, 0.6) is 0 Å². The lowest BCUT2D eigenvalue weighted by molar-refractivity contribution is -0.145. The number of amides is 1. The molecule has 9 heteroatoms. The Morgan fingerprint density at radius 1 is 1.43 bits per heavy atom. The molecule has 8 nitrogen and oxygen atoms in total. The van der Waals surface area contributed by atoms with E-state index in [1.807, 2.05) is 0 Å². The predicted molar refractivity (Wildman–Crippen MR) is 80.3 cm³/mol. The summed E-state index contributed by atoms with van der Waals surface area (Å²) in [6, 6.07) is 1.06. The molecule has 0 saturated heterocycles. The zero-order valence-electron chi connectivity index (χ0n) is 13.0. The van der Waals surface area contributed by atoms with Crippen LogP contribution in [-0.4, -0.2) is 30.9 Å². The fourth-order valence-electron chi connectivity index (χ4n) is 3.06. The second-order valence-electron chi connectivity index (χ2n) is 6.08. The zero-order chi connectivity index (χ0) is 17.4. The summed E-state index contributed by atoms with van der Waals surface area (Å²) in [7, 11) is -3.99. The van der Waals surface area contributed by atoms with Gasteiger partial charge in [0.25, 0.3) is 5.91 Å². The first-order chi connectivity index (χ1) is 10.5. The van der Waals surface area contributed by atoms with E-state index in [4.69, 9.17) is 9.56 Å². The standard InChI is InChI=1S/C14H20N2O6S/c1-8-11(23(15,20)21)7-10(22-8)12(17)16-14(2)6-4-3-5-9(14)13(18)19/h7,9H,3-6H2,1-2H3,(H,16,17)(H,18,19)(H2,15,20,21). The first-order valence-electron chi connectivity index (χ1n) is 7.23. The maximum absolute atomic E-state index is 12.3. The highest BCUT2D eigenvalue weighted by Gasteiger charge is 2.42. The highest BCUT2D eigenvalue weighted by atomic mass is 32.2. The van der Waals surface area contributed by atoms with Crippen molar-refractivity contribution in [2.24, 2.45) is 11.1 Å². The first-order valence-corrected chi connectivity index (χ1v) is 8.78. The van der Waals surface area contributed by atoms with Crippen LogP contribution in [-0.2, 0) is 14.8 Å². The quantitative estimate of drug-likeness (QED) is 0.744. The van der Waals surface area contributed by atoms with Crippen molar-refractivity contribution in [3.05, 3.63) is 17.6 Å². The topological polar surface area (TPSA) is 140 Å². The maximum Gasteiger partial charge on any atom is 0.308 e. The fourth-order valence-corrected chi connectivity index (χ4v) is 3.77. The third-order valence-corrected chi connectivity index (χ3v) is 5.33. The number of hydrogen-bond donors (Lipinski definition) is 3. The van der Waals surface area contributed by atoms with E-state index in [9.17, 15) is 23.1 Å². The number of hydrogen-bond acceptors (Lipinski definition) is 5. The van der Waals surface area contributed by atoms with Crippen LogP contribution in [0.1, 0.15) is 48.9 Å². The third-order valence-electron chi connectivity index (χ3n) is 4.31. The van der Waals surface area contributed by atoms with Crippen molar-refractivity contribution in [3.8, 4) is 0 Å². The SMILES string of the molecule is Cc1oc(C(=O)NC2(C)CCCCC2C(=O)O)cc1S(N)(=O)=O. The molecule has 1 fully saturated rings. The molecule has 2 rings (SSSR count). The minimum Gasteiger partial charge on any atom is -0.481 e. The number of aliphatic carboxylic acids is 1. The molecule has 23 heavy (non-hydrogen) atoms. The van der Waals surface area contributed by atoms with Crippen molar-refractivity contribution in [1.29, 1.82) is 0 Å². The number of sulfonamides is 1. The summed E-state index contributed by atoms with van der Waals surface area (Å²) in [4.78, 5) is 23.5. The number of carbonyl (C=O) groups excluding carboxylic acids is 1. The van der Waals surface area contributed by atoms with E-state index in [1.54, 1.807) is 6.92 Å². The van der Waals surface area contributed by atoms with E-state index >= 15 is 0 Å². The molecular formula is C14H20N2O6S. The molecule has 1 aliphatic rings. The van der Waals surface area contributed by atoms with Crippen LogP contribution in [0.4, 0.5) is 0 Å². The Morgan fingerprint density at radius 3 is 2.61 bits per heavy atom. The minimum absolute atomic E-state index is 0.0150. The summed E-state index contributed by atoms with van der Waals surface area (Å²) in [5.74, 6) is -2.51. The van der Waals surface area contributed by atoms with Gasteiger partial charge in [-0.1, -0.05) is 12.8 Å². The van der Waals surface area contributed by atoms with Gasteiger partial charge in [0.1, 0.15) is 10.7 Å². The van der Waals surface area contributed by atoms with Gasteiger partial charge in [-0.3, -0.25) is 9.59 Å². The van der Waals surface area contributed by atoms with Gasteiger partial charge < -0.3 is 14.8 Å². The number of aryl methyl sites for hydroxylation is 1. The van der Waals surface area contributed by atoms with Crippen LogP contribution in [0.3, 0.4) is 0 Å². The van der Waals surface area contributed by atoms with Gasteiger partial charge in [-0.2, -0.15) is 0 Å². The van der Waals surface area contributed by atoms with Crippen molar-refractivity contribution < 1.29 is 27.5 Å². The highest BCUT2D eigenvalue weighted by molar-refractivity contribution is 7.89. The van der Waals surface area contributed by atoms with E-state index in [1.165, 1.54) is 6.92 Å². The Morgan fingerprint density at radius 2 is 2.09 bits per heavy atom. The van der Waals surface area contributed by atoms with Gasteiger partial charge in [0.15, 0.2) is 5.76 Å². The molecule has 2 atom stereocenters. The third kappa shape index (κ3) is 3.56. The smallest absolute Gasteiger partial charge is 0.308 e. The molecular weight excluding hydrogens is 324 g/mol. The molecule has 1 saturated carbocycles. The molecule has 0 bridgehead atoms. The lowest BCUT2D eigenvalue weighted by atomic mass is 9.74. The highest BCUT2D eigenvalue weighted by Crippen LogP contribution is 2.34. The number of rotatable bonds is 4. The molecule has 1 aliphatic carbocycles. The summed E-state index contributed by atoms with van der Waals surface area (Å²) in [6.45, 7) is 3.07. The van der Waals surface area contributed by atoms with Crippen molar-refractivity contribution >= 4 is 21.9 Å². The second-order valence-corrected chi connectivity index (χ2v) is 7.61. The molecule has 1 aromatic rings. The van der Waals surface area contributed by atoms with Gasteiger partial charge in [0.2, 0.25) is 10.0 Å². The molecule has 128 valence electrons. The molecule has 0 aliphatic heterocycles. The van der Waals surface area contributed by atoms with Crippen molar-refractivity contribution in [3.63, 3.8) is 0 Å². The van der Waals surface area contributed by atoms with Crippen molar-refractivity contribution in [1.82, 2.24) is 5.32 Å². The Bertz CT molecular complexity index is 738. The van der Waals surface area contributed by atoms with Crippen LogP contribution >= 0.6 is 0 Å². The number of carboxylic acids is 1. The van der Waals surface area contributed by atoms with Gasteiger partial charge in [0.05, 0.1) is 11.5 Å². The van der Waals surface area contributed by atoms with Crippen LogP contribution in [0.15, 0.2) is 15.4 Å². The number of nitrogens with one attached hydrogen (secondary N) is 1. The lowest BCUT2D eigenvalue weighted by Gasteiger charge is -2.39. The molecule has 0 aromatic carbocycles. The van der Waals surface area contributed by atoms with E-state index in [2.05, 4.69) is 5.32 Å². The fraction of sp³-hybridized carbons (Fsp3) is 0.571. The van der Waals surface area contributed by atoms with E-state index < -0.39 is 33.4 Å². The Labute approximate surface area is 134 Å². The minimum atomic E-state index is -3.99. The van der Waals surface area contributed by atoms with Gasteiger partial charge >= 0.3 is 5.97 Å². The molecule has 1 heterocycles. The number of carbonyl (C=O) groups is 2. The van der Waals surface area contributed by atoms with Crippen LogP contribution in [0, 0.1) is 12.8 Å². The number of primary sulfonamides is 1. The number of furan rings is 1. The van der Waals surface area contributed by atoms with Crippen molar-refractivity contribution in [2.75, 3.05) is 0 Å². The summed E-state index contributed by atoms with van der Waals surface area (Å²) in [6.07, 6.45) is 2.60. The van der Waals surface area contributed by atoms with Gasteiger partial charge in [0, 0.05) is 6.07 Å². The molecule has 4 N–H and O–H groups in total. The van der Waals surface area contributed by atoms with Crippen LogP contribution in [0.25, 0.3) is 0 Å². The average Bonchev–Trinajstić information content (AvgIpc) is 2.80. The Hall–Kier alpha value is -1.87. The zero-order valence-corrected chi connectivity index (χ0v) is 13.8. The molecule has 2 unspecified atom stereocenters. The largest absolute Gasteiger partial charge is 0.481 e. The molecule has 1 aromatic heterocycles. The van der Waals surface area contributed by atoms with E-state index in [-0.39, 0.29) is 16.4 Å². The molecule has 0 spiro atoms. The monoisotopic (exact) mass is 344 g/mol. The second kappa shape index (κ2) is 5.97. The van der Waals surface area contributed by atoms with Crippen molar-refractivity contribution in [2.45, 2.75) is 50.0 Å². The summed E-state index contributed by atoms with van der Waals surface area (Å²) in [5, 5.41) is 17.1. The normalized spacial score (nSPS) is 25.1. The summed E-state index contributed by atoms with van der Waals surface area (Å²) < 4.78 is 28.0. The molecule has 1 amide bonds. The Kier molecular flexibility index (Phi) is 4.54. The van der Waals surface area contributed by atoms with Gasteiger partial charge in [-0.15, -0.1) is 0 Å². The predicted octanol–water partition coefficient (Wildman–Crippen LogP) is 0.999. The number of nitrogens with two attached hydrogens (primary N) is 1. The van der Waals surface area contributed by atoms with E-state index in [0.29, 0.717) is 12.8 Å². The molecule has 0 radical (unpaired) electrons. The van der Waals surface area contributed by atoms with Gasteiger partial charge in [-0.25, -0.2) is 13.6 Å².